The largest absolute Gasteiger partial charge is 0.378 e. The van der Waals surface area contributed by atoms with Gasteiger partial charge < -0.3 is 15.5 Å². The van der Waals surface area contributed by atoms with Crippen molar-refractivity contribution in [3.8, 4) is 0 Å². The molecular weight excluding hydrogens is 330 g/mol. The maximum atomic E-state index is 11.9. The third kappa shape index (κ3) is 4.49. The number of amides is 2. The molecule has 2 N–H and O–H groups in total. The van der Waals surface area contributed by atoms with Crippen LogP contribution in [0.3, 0.4) is 0 Å². The van der Waals surface area contributed by atoms with Crippen LogP contribution in [0.5, 0.6) is 0 Å². The second kappa shape index (κ2) is 7.13. The highest BCUT2D eigenvalue weighted by Crippen LogP contribution is 2.16. The molecule has 0 heterocycles. The molecule has 2 rings (SSSR count). The van der Waals surface area contributed by atoms with Crippen molar-refractivity contribution in [3.63, 3.8) is 0 Å². The molecular formula is C16H18BrN3O. The van der Waals surface area contributed by atoms with E-state index < -0.39 is 0 Å². The number of anilines is 2. The molecule has 0 aliphatic carbocycles. The first kappa shape index (κ1) is 15.4. The minimum absolute atomic E-state index is 0.219. The Bertz CT molecular complexity index is 611. The summed E-state index contributed by atoms with van der Waals surface area (Å²) in [4.78, 5) is 13.9. The van der Waals surface area contributed by atoms with Gasteiger partial charge in [-0.25, -0.2) is 4.79 Å². The number of nitrogens with one attached hydrogen (secondary N) is 2. The first-order valence-corrected chi connectivity index (χ1v) is 7.41. The lowest BCUT2D eigenvalue weighted by molar-refractivity contribution is 0.251. The van der Waals surface area contributed by atoms with E-state index in [4.69, 9.17) is 0 Å². The van der Waals surface area contributed by atoms with Gasteiger partial charge in [0.05, 0.1) is 0 Å². The number of nitrogens with zero attached hydrogens (tertiary/aromatic N) is 1. The van der Waals surface area contributed by atoms with E-state index in [1.54, 1.807) is 0 Å². The Kier molecular flexibility index (Phi) is 5.22. The van der Waals surface area contributed by atoms with Crippen molar-refractivity contribution < 1.29 is 4.79 Å². The van der Waals surface area contributed by atoms with E-state index in [2.05, 4.69) is 26.6 Å². The van der Waals surface area contributed by atoms with Gasteiger partial charge in [-0.05, 0) is 35.9 Å². The van der Waals surface area contributed by atoms with E-state index in [0.717, 1.165) is 21.4 Å². The van der Waals surface area contributed by atoms with Crippen LogP contribution >= 0.6 is 15.9 Å². The number of hydrogen-bond donors (Lipinski definition) is 2. The summed E-state index contributed by atoms with van der Waals surface area (Å²) in [6.45, 7) is 0.475. The predicted octanol–water partition coefficient (Wildman–Crippen LogP) is 3.84. The molecule has 0 unspecified atom stereocenters. The molecule has 4 nitrogen and oxygen atoms in total. The Morgan fingerprint density at radius 2 is 1.76 bits per heavy atom. The number of benzene rings is 2. The maximum absolute atomic E-state index is 11.9. The van der Waals surface area contributed by atoms with Gasteiger partial charge in [-0.15, -0.1) is 0 Å². The molecule has 21 heavy (non-hydrogen) atoms. The first-order valence-electron chi connectivity index (χ1n) is 6.62. The minimum Gasteiger partial charge on any atom is -0.378 e. The number of carbonyl (C=O) groups excluding carboxylic acids is 1. The van der Waals surface area contributed by atoms with Crippen LogP contribution in [0.25, 0.3) is 0 Å². The Morgan fingerprint density at radius 1 is 1.10 bits per heavy atom. The van der Waals surface area contributed by atoms with Crippen LogP contribution < -0.4 is 15.5 Å². The van der Waals surface area contributed by atoms with Crippen molar-refractivity contribution in [2.24, 2.45) is 0 Å². The van der Waals surface area contributed by atoms with Gasteiger partial charge in [-0.1, -0.05) is 34.1 Å². The fraction of sp³-hybridized carbons (Fsp3) is 0.188. The second-order valence-electron chi connectivity index (χ2n) is 4.84. The van der Waals surface area contributed by atoms with E-state index in [9.17, 15) is 4.79 Å². The molecule has 0 bridgehead atoms. The number of halogens is 1. The Labute approximate surface area is 133 Å². The summed E-state index contributed by atoms with van der Waals surface area (Å²) in [6.07, 6.45) is 0. The lowest BCUT2D eigenvalue weighted by Gasteiger charge is -2.13. The fourth-order valence-corrected chi connectivity index (χ4v) is 2.26. The summed E-state index contributed by atoms with van der Waals surface area (Å²) < 4.78 is 0.987. The monoisotopic (exact) mass is 347 g/mol. The van der Waals surface area contributed by atoms with Crippen LogP contribution in [0.1, 0.15) is 5.56 Å². The van der Waals surface area contributed by atoms with Crippen LogP contribution in [0, 0.1) is 0 Å². The molecule has 2 aromatic carbocycles. The normalized spacial score (nSPS) is 10.0. The smallest absolute Gasteiger partial charge is 0.319 e. The van der Waals surface area contributed by atoms with Crippen LogP contribution in [-0.4, -0.2) is 20.1 Å². The third-order valence-corrected chi connectivity index (χ3v) is 3.81. The van der Waals surface area contributed by atoms with Crippen LogP contribution in [0.15, 0.2) is 53.0 Å². The van der Waals surface area contributed by atoms with E-state index >= 15 is 0 Å². The minimum atomic E-state index is -0.219. The van der Waals surface area contributed by atoms with Crippen molar-refractivity contribution in [1.29, 1.82) is 0 Å². The summed E-state index contributed by atoms with van der Waals surface area (Å²) in [7, 11) is 3.96. The molecule has 0 aromatic heterocycles. The molecule has 110 valence electrons. The Balaban J connectivity index is 1.88. The molecule has 2 amide bonds. The molecule has 0 spiro atoms. The zero-order valence-electron chi connectivity index (χ0n) is 12.1. The third-order valence-electron chi connectivity index (χ3n) is 3.04. The van der Waals surface area contributed by atoms with Gasteiger partial charge in [-0.2, -0.15) is 0 Å². The topological polar surface area (TPSA) is 44.4 Å². The van der Waals surface area contributed by atoms with Gasteiger partial charge >= 0.3 is 6.03 Å². The number of hydrogen-bond acceptors (Lipinski definition) is 2. The SMILES string of the molecule is CN(C)c1ccc(NC(=O)NCc2ccccc2Br)cc1. The molecule has 0 aliphatic heterocycles. The lowest BCUT2D eigenvalue weighted by Crippen LogP contribution is -2.28. The molecule has 0 saturated carbocycles. The zero-order chi connectivity index (χ0) is 15.2. The maximum Gasteiger partial charge on any atom is 0.319 e. The van der Waals surface area contributed by atoms with Gasteiger partial charge in [0.2, 0.25) is 0 Å². The number of urea groups is 1. The summed E-state index contributed by atoms with van der Waals surface area (Å²) >= 11 is 3.46. The van der Waals surface area contributed by atoms with Crippen molar-refractivity contribution in [3.05, 3.63) is 58.6 Å². The highest BCUT2D eigenvalue weighted by atomic mass is 79.9. The van der Waals surface area contributed by atoms with Crippen molar-refractivity contribution in [2.75, 3.05) is 24.3 Å². The summed E-state index contributed by atoms with van der Waals surface area (Å²) in [5, 5.41) is 5.65. The average molecular weight is 348 g/mol. The summed E-state index contributed by atoms with van der Waals surface area (Å²) in [6, 6.07) is 15.3. The molecule has 5 heteroatoms. The molecule has 0 radical (unpaired) electrons. The van der Waals surface area contributed by atoms with Crippen LogP contribution in [0.4, 0.5) is 16.2 Å². The predicted molar refractivity (Wildman–Crippen MR) is 90.8 cm³/mol. The van der Waals surface area contributed by atoms with Crippen molar-refractivity contribution >= 4 is 33.3 Å². The van der Waals surface area contributed by atoms with Crippen LogP contribution in [-0.2, 0) is 6.54 Å². The summed E-state index contributed by atoms with van der Waals surface area (Å²) in [5.41, 5.74) is 2.90. The Hall–Kier alpha value is -2.01. The number of rotatable bonds is 4. The van der Waals surface area contributed by atoms with E-state index in [1.165, 1.54) is 0 Å². The highest BCUT2D eigenvalue weighted by molar-refractivity contribution is 9.10. The average Bonchev–Trinajstić information content (AvgIpc) is 2.47. The van der Waals surface area contributed by atoms with Gasteiger partial charge in [0.25, 0.3) is 0 Å². The molecule has 0 atom stereocenters. The van der Waals surface area contributed by atoms with Crippen molar-refractivity contribution in [1.82, 2.24) is 5.32 Å². The molecule has 0 saturated heterocycles. The fourth-order valence-electron chi connectivity index (χ4n) is 1.84. The highest BCUT2D eigenvalue weighted by Gasteiger charge is 2.04. The van der Waals surface area contributed by atoms with E-state index in [0.29, 0.717) is 6.54 Å². The molecule has 2 aromatic rings. The molecule has 0 fully saturated rings. The van der Waals surface area contributed by atoms with Gasteiger partial charge in [0, 0.05) is 36.5 Å². The summed E-state index contributed by atoms with van der Waals surface area (Å²) in [5.74, 6) is 0. The zero-order valence-corrected chi connectivity index (χ0v) is 13.6. The van der Waals surface area contributed by atoms with E-state index in [1.807, 2.05) is 67.5 Å². The standard InChI is InChI=1S/C16H18BrN3O/c1-20(2)14-9-7-13(8-10-14)19-16(21)18-11-12-5-3-4-6-15(12)17/h3-10H,11H2,1-2H3,(H2,18,19,21). The lowest BCUT2D eigenvalue weighted by atomic mass is 10.2. The van der Waals surface area contributed by atoms with Gasteiger partial charge in [-0.3, -0.25) is 0 Å². The second-order valence-corrected chi connectivity index (χ2v) is 5.69. The molecule has 0 aliphatic rings. The van der Waals surface area contributed by atoms with Crippen LogP contribution in [0.2, 0.25) is 0 Å². The first-order chi connectivity index (χ1) is 10.1. The Morgan fingerprint density at radius 3 is 2.38 bits per heavy atom. The van der Waals surface area contributed by atoms with Crippen molar-refractivity contribution in [2.45, 2.75) is 6.54 Å². The quantitative estimate of drug-likeness (QED) is 0.882. The number of carbonyl (C=O) groups is 1. The van der Waals surface area contributed by atoms with Gasteiger partial charge in [0.1, 0.15) is 0 Å². The van der Waals surface area contributed by atoms with E-state index in [-0.39, 0.29) is 6.03 Å². The van der Waals surface area contributed by atoms with Gasteiger partial charge in [0.15, 0.2) is 0 Å².